The third-order valence-electron chi connectivity index (χ3n) is 6.64. The van der Waals surface area contributed by atoms with Crippen LogP contribution in [0.4, 0.5) is 42.6 Å². The number of alkyl halides is 6. The summed E-state index contributed by atoms with van der Waals surface area (Å²) in [6.07, 6.45) is -3.97. The van der Waals surface area contributed by atoms with Crippen LogP contribution < -0.4 is 9.80 Å². The second kappa shape index (κ2) is 12.8. The van der Waals surface area contributed by atoms with Crippen molar-refractivity contribution in [3.63, 3.8) is 0 Å². The van der Waals surface area contributed by atoms with Crippen molar-refractivity contribution in [2.45, 2.75) is 49.0 Å². The number of hydrogen-bond acceptors (Lipinski definition) is 10. The molecule has 12 nitrogen and oxygen atoms in total. The molecule has 2 fully saturated rings. The highest BCUT2D eigenvalue weighted by Crippen LogP contribution is 2.40. The molecule has 3 atom stereocenters. The van der Waals surface area contributed by atoms with Crippen LogP contribution in [-0.2, 0) is 25.2 Å². The molecule has 0 spiro atoms. The van der Waals surface area contributed by atoms with Crippen LogP contribution in [0.15, 0.2) is 18.6 Å². The Kier molecular flexibility index (Phi) is 10.0. The third-order valence-corrected chi connectivity index (χ3v) is 8.75. The number of aromatic nitrogens is 4. The van der Waals surface area contributed by atoms with Gasteiger partial charge in [-0.3, -0.25) is 0 Å². The molecule has 2 N–H and O–H groups in total. The number of hydrogen-bond donors (Lipinski definition) is 2. The topological polar surface area (TPSA) is 167 Å². The zero-order chi connectivity index (χ0) is 32.3. The molecule has 1 unspecified atom stereocenters. The van der Waals surface area contributed by atoms with Gasteiger partial charge in [0.15, 0.2) is 15.7 Å². The molecule has 238 valence electrons. The number of rotatable bonds is 2. The van der Waals surface area contributed by atoms with Gasteiger partial charge in [-0.1, -0.05) is 6.92 Å². The van der Waals surface area contributed by atoms with E-state index in [0.29, 0.717) is 29.9 Å². The number of nitrogens with zero attached hydrogens (tertiary/aromatic N) is 6. The number of sulfone groups is 1. The highest BCUT2D eigenvalue weighted by Gasteiger charge is 2.48. The van der Waals surface area contributed by atoms with E-state index in [9.17, 15) is 39.2 Å². The first-order valence-electron chi connectivity index (χ1n) is 12.4. The fourth-order valence-electron chi connectivity index (χ4n) is 4.72. The normalized spacial score (nSPS) is 22.7. The number of carboxylic acids is 2. The van der Waals surface area contributed by atoms with E-state index in [2.05, 4.69) is 26.8 Å². The minimum absolute atomic E-state index is 0.0434. The maximum atomic E-state index is 13.2. The average Bonchev–Trinajstić information content (AvgIpc) is 3.36. The van der Waals surface area contributed by atoms with Crippen LogP contribution in [0.1, 0.15) is 36.9 Å². The maximum Gasteiger partial charge on any atom is 0.490 e. The van der Waals surface area contributed by atoms with Crippen LogP contribution in [-0.4, -0.2) is 94.3 Å². The van der Waals surface area contributed by atoms with Gasteiger partial charge < -0.3 is 20.0 Å². The lowest BCUT2D eigenvalue weighted by atomic mass is 9.99. The van der Waals surface area contributed by atoms with Crippen molar-refractivity contribution in [1.29, 1.82) is 0 Å². The van der Waals surface area contributed by atoms with E-state index in [0.717, 1.165) is 37.6 Å². The Morgan fingerprint density at radius 2 is 1.42 bits per heavy atom. The Labute approximate surface area is 239 Å². The van der Waals surface area contributed by atoms with E-state index >= 15 is 0 Å². The van der Waals surface area contributed by atoms with Crippen LogP contribution in [0.25, 0.3) is 0 Å². The summed E-state index contributed by atoms with van der Waals surface area (Å²) in [5.41, 5.74) is 1.50. The van der Waals surface area contributed by atoms with Crippen molar-refractivity contribution in [2.75, 3.05) is 36.0 Å². The molecule has 5 rings (SSSR count). The van der Waals surface area contributed by atoms with E-state index in [1.807, 2.05) is 4.90 Å². The molecule has 2 saturated heterocycles. The largest absolute Gasteiger partial charge is 0.490 e. The Morgan fingerprint density at radius 1 is 0.884 bits per heavy atom. The highest BCUT2D eigenvalue weighted by atomic mass is 32.2. The number of carbonyl (C=O) groups is 2. The zero-order valence-corrected chi connectivity index (χ0v) is 23.0. The summed E-state index contributed by atoms with van der Waals surface area (Å²) < 4.78 is 102. The summed E-state index contributed by atoms with van der Waals surface area (Å²) in [5, 5.41) is 13.7. The maximum absolute atomic E-state index is 13.2. The number of fused-ring (bicyclic) bond motifs is 3. The van der Waals surface area contributed by atoms with Crippen molar-refractivity contribution in [3.05, 3.63) is 35.7 Å². The fourth-order valence-corrected chi connectivity index (χ4v) is 6.71. The van der Waals surface area contributed by atoms with Gasteiger partial charge in [-0.15, -0.1) is 0 Å². The lowest BCUT2D eigenvalue weighted by Gasteiger charge is -2.32. The summed E-state index contributed by atoms with van der Waals surface area (Å²) in [5.74, 6) is -4.72. The van der Waals surface area contributed by atoms with Gasteiger partial charge in [-0.25, -0.2) is 42.3 Å². The molecule has 3 aliphatic rings. The number of anilines is 2. The van der Waals surface area contributed by atoms with E-state index < -0.39 is 45.2 Å². The highest BCUT2D eigenvalue weighted by molar-refractivity contribution is 7.91. The summed E-state index contributed by atoms with van der Waals surface area (Å²) in [4.78, 5) is 39.2. The summed E-state index contributed by atoms with van der Waals surface area (Å²) in [6, 6.07) is 0. The minimum atomic E-state index is -5.08. The predicted molar refractivity (Wildman–Crippen MR) is 133 cm³/mol. The Bertz CT molecular complexity index is 1400. The van der Waals surface area contributed by atoms with Gasteiger partial charge in [-0.2, -0.15) is 26.3 Å². The van der Waals surface area contributed by atoms with Crippen LogP contribution in [0.3, 0.4) is 0 Å². The average molecular weight is 647 g/mol. The molecular formula is C23H25F7N6O6S. The number of piperidine rings is 1. The molecular weight excluding hydrogens is 621 g/mol. The van der Waals surface area contributed by atoms with Crippen molar-refractivity contribution < 1.29 is 59.0 Å². The lowest BCUT2D eigenvalue weighted by molar-refractivity contribution is -0.193. The Balaban J connectivity index is 0.000000303. The monoisotopic (exact) mass is 646 g/mol. The molecule has 5 heterocycles. The predicted octanol–water partition coefficient (Wildman–Crippen LogP) is 2.81. The fraction of sp³-hybridized carbons (Fsp3) is 0.565. The molecule has 20 heteroatoms. The number of halogens is 7. The van der Waals surface area contributed by atoms with Crippen molar-refractivity contribution in [3.8, 4) is 0 Å². The second-order valence-electron chi connectivity index (χ2n) is 9.94. The standard InChI is InChI=1S/C19H23FN6O2S.2C2HF3O2/c1-12-3-2-4-25(8-12)19-21-5-13-11-29(27,28)16-10-26(9-15(16)17(13)24-19)18-22-6-14(20)7-23-18;2*3-2(4,5)1(6)7/h5-7,12,15-16H,2-4,8-11H2,1H3;2*(H,6,7)/t12?,15-,16+;;/m0../s1. The van der Waals surface area contributed by atoms with Crippen molar-refractivity contribution in [1.82, 2.24) is 19.9 Å². The lowest BCUT2D eigenvalue weighted by Crippen LogP contribution is -2.38. The molecule has 0 saturated carbocycles. The molecule has 2 aromatic rings. The molecule has 0 aliphatic carbocycles. The molecule has 0 radical (unpaired) electrons. The molecule has 3 aliphatic heterocycles. The van der Waals surface area contributed by atoms with E-state index in [1.165, 1.54) is 6.42 Å². The molecule has 0 bridgehead atoms. The van der Waals surface area contributed by atoms with Crippen LogP contribution >= 0.6 is 0 Å². The summed E-state index contributed by atoms with van der Waals surface area (Å²) in [7, 11) is -3.33. The van der Waals surface area contributed by atoms with Gasteiger partial charge in [0.05, 0.1) is 29.1 Å². The van der Waals surface area contributed by atoms with Crippen LogP contribution in [0, 0.1) is 11.7 Å². The number of carboxylic acid groups (broad SMARTS) is 2. The van der Waals surface area contributed by atoms with E-state index in [1.54, 1.807) is 6.20 Å². The van der Waals surface area contributed by atoms with Gasteiger partial charge in [0.2, 0.25) is 11.9 Å². The first-order valence-corrected chi connectivity index (χ1v) is 14.2. The minimum Gasteiger partial charge on any atom is -0.475 e. The smallest absolute Gasteiger partial charge is 0.475 e. The van der Waals surface area contributed by atoms with Gasteiger partial charge in [0.25, 0.3) is 0 Å². The first kappa shape index (κ1) is 33.7. The zero-order valence-electron chi connectivity index (χ0n) is 22.2. The van der Waals surface area contributed by atoms with Gasteiger partial charge in [0.1, 0.15) is 0 Å². The first-order chi connectivity index (χ1) is 19.8. The van der Waals surface area contributed by atoms with E-state index in [-0.39, 0.29) is 18.2 Å². The SMILES string of the molecule is CC1CCCN(c2ncc3c(n2)[C@H]2CN(c4ncc(F)cn4)C[C@H]2S(=O)(=O)C3)C1.O=C(O)C(F)(F)F.O=C(O)C(F)(F)F. The quantitative estimate of drug-likeness (QED) is 0.459. The van der Waals surface area contributed by atoms with E-state index in [4.69, 9.17) is 24.8 Å². The summed E-state index contributed by atoms with van der Waals surface area (Å²) >= 11 is 0. The Morgan fingerprint density at radius 3 is 1.93 bits per heavy atom. The Hall–Kier alpha value is -3.84. The van der Waals surface area contributed by atoms with Crippen LogP contribution in [0.2, 0.25) is 0 Å². The van der Waals surface area contributed by atoms with Crippen LogP contribution in [0.5, 0.6) is 0 Å². The summed E-state index contributed by atoms with van der Waals surface area (Å²) in [6.45, 7) is 4.80. The molecule has 0 aromatic carbocycles. The van der Waals surface area contributed by atoms with Gasteiger partial charge >= 0.3 is 24.3 Å². The second-order valence-corrected chi connectivity index (χ2v) is 12.2. The van der Waals surface area contributed by atoms with Gasteiger partial charge in [0, 0.05) is 43.9 Å². The third kappa shape index (κ3) is 8.60. The van der Waals surface area contributed by atoms with Crippen molar-refractivity contribution in [2.24, 2.45) is 5.92 Å². The molecule has 0 amide bonds. The van der Waals surface area contributed by atoms with Crippen molar-refractivity contribution >= 4 is 33.7 Å². The number of aliphatic carboxylic acids is 2. The molecule has 2 aromatic heterocycles. The molecule has 43 heavy (non-hydrogen) atoms. The van der Waals surface area contributed by atoms with Gasteiger partial charge in [-0.05, 0) is 18.8 Å².